The van der Waals surface area contributed by atoms with E-state index >= 15 is 0 Å². The average Bonchev–Trinajstić information content (AvgIpc) is 3.03. The van der Waals surface area contributed by atoms with Gasteiger partial charge in [0.05, 0.1) is 6.42 Å². The van der Waals surface area contributed by atoms with E-state index in [1.165, 1.54) is 0 Å². The number of fused-ring (bicyclic) bond motifs is 1. The second kappa shape index (κ2) is 6.96. The summed E-state index contributed by atoms with van der Waals surface area (Å²) in [5.74, 6) is -0.0281. The SMILES string of the molecule is Cc1ccc(NC(=O)Nc2ccc3c(c2)NC(=O)C3)cc1-c1ccccc1. The number of carbonyl (C=O) groups is 2. The molecule has 0 unspecified atom stereocenters. The third kappa shape index (κ3) is 3.67. The summed E-state index contributed by atoms with van der Waals surface area (Å²) in [5.41, 5.74) is 6.36. The molecule has 0 spiro atoms. The van der Waals surface area contributed by atoms with E-state index in [-0.39, 0.29) is 11.9 Å². The van der Waals surface area contributed by atoms with Gasteiger partial charge in [0.1, 0.15) is 0 Å². The van der Waals surface area contributed by atoms with Crippen molar-refractivity contribution in [1.82, 2.24) is 0 Å². The molecule has 3 amide bonds. The Morgan fingerprint density at radius 1 is 0.926 bits per heavy atom. The van der Waals surface area contributed by atoms with Crippen LogP contribution in [0.2, 0.25) is 0 Å². The van der Waals surface area contributed by atoms with E-state index in [2.05, 4.69) is 16.0 Å². The lowest BCUT2D eigenvalue weighted by Crippen LogP contribution is -2.19. The fraction of sp³-hybridized carbons (Fsp3) is 0.0909. The number of benzene rings is 3. The average molecular weight is 357 g/mol. The molecule has 1 heterocycles. The van der Waals surface area contributed by atoms with E-state index in [0.29, 0.717) is 17.8 Å². The van der Waals surface area contributed by atoms with Crippen LogP contribution < -0.4 is 16.0 Å². The number of amides is 3. The van der Waals surface area contributed by atoms with Crippen LogP contribution in [0.25, 0.3) is 11.1 Å². The third-order valence-electron chi connectivity index (χ3n) is 4.57. The van der Waals surface area contributed by atoms with Crippen LogP contribution in [0, 0.1) is 6.92 Å². The van der Waals surface area contributed by atoms with Gasteiger partial charge in [0.15, 0.2) is 0 Å². The minimum absolute atomic E-state index is 0.0281. The van der Waals surface area contributed by atoms with Crippen LogP contribution >= 0.6 is 0 Å². The van der Waals surface area contributed by atoms with Gasteiger partial charge in [0.25, 0.3) is 0 Å². The zero-order chi connectivity index (χ0) is 18.8. The molecular formula is C22H19N3O2. The Morgan fingerprint density at radius 2 is 1.63 bits per heavy atom. The Morgan fingerprint density at radius 3 is 2.41 bits per heavy atom. The summed E-state index contributed by atoms with van der Waals surface area (Å²) in [7, 11) is 0. The second-order valence-electron chi connectivity index (χ2n) is 6.57. The number of rotatable bonds is 3. The van der Waals surface area contributed by atoms with E-state index < -0.39 is 0 Å². The Labute approximate surface area is 157 Å². The molecule has 0 atom stereocenters. The molecule has 0 saturated heterocycles. The van der Waals surface area contributed by atoms with Crippen LogP contribution in [-0.2, 0) is 11.2 Å². The highest BCUT2D eigenvalue weighted by atomic mass is 16.2. The Bertz CT molecular complexity index is 1030. The number of anilines is 3. The topological polar surface area (TPSA) is 70.2 Å². The summed E-state index contributed by atoms with van der Waals surface area (Å²) < 4.78 is 0. The smallest absolute Gasteiger partial charge is 0.323 e. The lowest BCUT2D eigenvalue weighted by molar-refractivity contribution is -0.115. The Balaban J connectivity index is 1.49. The van der Waals surface area contributed by atoms with Crippen molar-refractivity contribution in [3.05, 3.63) is 77.9 Å². The van der Waals surface area contributed by atoms with Crippen molar-refractivity contribution in [1.29, 1.82) is 0 Å². The molecule has 3 aromatic rings. The molecule has 0 aromatic heterocycles. The summed E-state index contributed by atoms with van der Waals surface area (Å²) in [6.07, 6.45) is 0.382. The fourth-order valence-corrected chi connectivity index (χ4v) is 3.21. The standard InChI is InChI=1S/C22H19N3O2/c1-14-7-9-17(12-19(14)15-5-3-2-4-6-15)23-22(27)24-18-10-8-16-11-21(26)25-20(16)13-18/h2-10,12-13H,11H2,1H3,(H,25,26)(H2,23,24,27). The van der Waals surface area contributed by atoms with Crippen molar-refractivity contribution in [2.24, 2.45) is 0 Å². The largest absolute Gasteiger partial charge is 0.325 e. The number of carbonyl (C=O) groups excluding carboxylic acids is 2. The monoisotopic (exact) mass is 357 g/mol. The summed E-state index contributed by atoms with van der Waals surface area (Å²) in [5, 5.41) is 8.46. The highest BCUT2D eigenvalue weighted by Crippen LogP contribution is 2.28. The van der Waals surface area contributed by atoms with Gasteiger partial charge in [-0.2, -0.15) is 0 Å². The number of urea groups is 1. The van der Waals surface area contributed by atoms with Crippen LogP contribution in [0.1, 0.15) is 11.1 Å². The van der Waals surface area contributed by atoms with E-state index in [0.717, 1.165) is 27.9 Å². The maximum atomic E-state index is 12.4. The maximum Gasteiger partial charge on any atom is 0.323 e. The molecule has 0 fully saturated rings. The molecule has 3 aromatic carbocycles. The van der Waals surface area contributed by atoms with Crippen molar-refractivity contribution in [2.45, 2.75) is 13.3 Å². The number of nitrogens with one attached hydrogen (secondary N) is 3. The molecule has 3 N–H and O–H groups in total. The van der Waals surface area contributed by atoms with Crippen LogP contribution in [0.15, 0.2) is 66.7 Å². The number of hydrogen-bond acceptors (Lipinski definition) is 2. The first-order chi connectivity index (χ1) is 13.1. The number of hydrogen-bond donors (Lipinski definition) is 3. The predicted molar refractivity (Wildman–Crippen MR) is 108 cm³/mol. The molecule has 5 heteroatoms. The zero-order valence-corrected chi connectivity index (χ0v) is 14.9. The van der Waals surface area contributed by atoms with Crippen LogP contribution in [0.4, 0.5) is 21.9 Å². The molecule has 0 bridgehead atoms. The zero-order valence-electron chi connectivity index (χ0n) is 14.9. The summed E-state index contributed by atoms with van der Waals surface area (Å²) in [6, 6.07) is 21.0. The van der Waals surface area contributed by atoms with Crippen LogP contribution in [-0.4, -0.2) is 11.9 Å². The van der Waals surface area contributed by atoms with Gasteiger partial charge in [-0.1, -0.05) is 42.5 Å². The quantitative estimate of drug-likeness (QED) is 0.630. The molecule has 1 aliphatic rings. The summed E-state index contributed by atoms with van der Waals surface area (Å²) in [4.78, 5) is 23.8. The number of aryl methyl sites for hydroxylation is 1. The van der Waals surface area contributed by atoms with Gasteiger partial charge in [-0.25, -0.2) is 4.79 Å². The van der Waals surface area contributed by atoms with Crippen LogP contribution in [0.5, 0.6) is 0 Å². The first-order valence-corrected chi connectivity index (χ1v) is 8.75. The lowest BCUT2D eigenvalue weighted by Gasteiger charge is -2.12. The molecule has 5 nitrogen and oxygen atoms in total. The van der Waals surface area contributed by atoms with Crippen molar-refractivity contribution < 1.29 is 9.59 Å². The third-order valence-corrected chi connectivity index (χ3v) is 4.57. The van der Waals surface area contributed by atoms with Gasteiger partial charge in [-0.05, 0) is 53.4 Å². The highest BCUT2D eigenvalue weighted by molar-refractivity contribution is 6.03. The lowest BCUT2D eigenvalue weighted by atomic mass is 10.00. The molecule has 0 radical (unpaired) electrons. The van der Waals surface area contributed by atoms with Gasteiger partial charge in [-0.15, -0.1) is 0 Å². The fourth-order valence-electron chi connectivity index (χ4n) is 3.21. The Hall–Kier alpha value is -3.60. The summed E-state index contributed by atoms with van der Waals surface area (Å²) in [6.45, 7) is 2.05. The predicted octanol–water partition coefficient (Wildman–Crippen LogP) is 4.80. The van der Waals surface area contributed by atoms with E-state index in [9.17, 15) is 9.59 Å². The Kier molecular flexibility index (Phi) is 4.34. The molecule has 27 heavy (non-hydrogen) atoms. The van der Waals surface area contributed by atoms with Crippen molar-refractivity contribution >= 4 is 29.0 Å². The maximum absolute atomic E-state index is 12.4. The van der Waals surface area contributed by atoms with Gasteiger partial charge < -0.3 is 16.0 Å². The van der Waals surface area contributed by atoms with Gasteiger partial charge in [0, 0.05) is 17.1 Å². The molecule has 0 saturated carbocycles. The molecule has 134 valence electrons. The first kappa shape index (κ1) is 16.8. The van der Waals surface area contributed by atoms with Crippen molar-refractivity contribution in [3.8, 4) is 11.1 Å². The van der Waals surface area contributed by atoms with E-state index in [4.69, 9.17) is 0 Å². The van der Waals surface area contributed by atoms with Gasteiger partial charge >= 0.3 is 6.03 Å². The summed E-state index contributed by atoms with van der Waals surface area (Å²) >= 11 is 0. The van der Waals surface area contributed by atoms with Gasteiger partial charge in [0.2, 0.25) is 5.91 Å². The van der Waals surface area contributed by atoms with E-state index in [1.807, 2.05) is 61.5 Å². The molecular weight excluding hydrogens is 338 g/mol. The van der Waals surface area contributed by atoms with Crippen LogP contribution in [0.3, 0.4) is 0 Å². The molecule has 0 aliphatic carbocycles. The molecule has 1 aliphatic heterocycles. The first-order valence-electron chi connectivity index (χ1n) is 8.75. The molecule has 4 rings (SSSR count). The minimum atomic E-state index is -0.331. The van der Waals surface area contributed by atoms with Crippen molar-refractivity contribution in [3.63, 3.8) is 0 Å². The minimum Gasteiger partial charge on any atom is -0.325 e. The van der Waals surface area contributed by atoms with Crippen molar-refractivity contribution in [2.75, 3.05) is 16.0 Å². The second-order valence-corrected chi connectivity index (χ2v) is 6.57. The van der Waals surface area contributed by atoms with E-state index in [1.54, 1.807) is 12.1 Å². The van der Waals surface area contributed by atoms with Gasteiger partial charge in [-0.3, -0.25) is 4.79 Å². The normalized spacial score (nSPS) is 12.3. The highest BCUT2D eigenvalue weighted by Gasteiger charge is 2.17.